The molecular formula is C17H14ClN3O5. The van der Waals surface area contributed by atoms with E-state index in [0.717, 1.165) is 5.56 Å². The van der Waals surface area contributed by atoms with Crippen LogP contribution in [0.3, 0.4) is 0 Å². The predicted molar refractivity (Wildman–Crippen MR) is 93.4 cm³/mol. The second kappa shape index (κ2) is 7.75. The minimum atomic E-state index is -0.709. The predicted octanol–water partition coefficient (Wildman–Crippen LogP) is 2.98. The highest BCUT2D eigenvalue weighted by Gasteiger charge is 2.18. The van der Waals surface area contributed by atoms with E-state index in [4.69, 9.17) is 25.5 Å². The van der Waals surface area contributed by atoms with Crippen LogP contribution in [-0.2, 0) is 6.54 Å². The summed E-state index contributed by atoms with van der Waals surface area (Å²) in [5, 5.41) is 8.63. The van der Waals surface area contributed by atoms with Gasteiger partial charge in [0.1, 0.15) is 5.75 Å². The molecule has 26 heavy (non-hydrogen) atoms. The van der Waals surface area contributed by atoms with E-state index >= 15 is 0 Å². The third kappa shape index (κ3) is 4.04. The highest BCUT2D eigenvalue weighted by atomic mass is 35.5. The Morgan fingerprint density at radius 1 is 1.27 bits per heavy atom. The second-order valence-corrected chi connectivity index (χ2v) is 5.54. The first-order valence-corrected chi connectivity index (χ1v) is 7.87. The summed E-state index contributed by atoms with van der Waals surface area (Å²) < 4.78 is 15.3. The molecule has 134 valence electrons. The first kappa shape index (κ1) is 17.6. The van der Waals surface area contributed by atoms with Gasteiger partial charge in [0, 0.05) is 12.6 Å². The standard InChI is InChI=1S/C17H14ClN3O5/c1-24-13-8-14(12(18)7-11(13)15-20-21-17(23)26-15)25-16(22)19-9-10-5-3-2-4-6-10/h2-8H,9H2,1H3,(H,19,22)(H,21,23). The van der Waals surface area contributed by atoms with Crippen molar-refractivity contribution in [3.05, 3.63) is 63.6 Å². The highest BCUT2D eigenvalue weighted by Crippen LogP contribution is 2.37. The van der Waals surface area contributed by atoms with Crippen LogP contribution in [0.15, 0.2) is 51.7 Å². The smallest absolute Gasteiger partial charge is 0.434 e. The van der Waals surface area contributed by atoms with Gasteiger partial charge < -0.3 is 19.2 Å². The Kier molecular flexibility index (Phi) is 5.23. The number of carbonyl (C=O) groups is 1. The van der Waals surface area contributed by atoms with E-state index in [1.807, 2.05) is 30.3 Å². The van der Waals surface area contributed by atoms with Gasteiger partial charge in [-0.3, -0.25) is 0 Å². The molecule has 0 atom stereocenters. The van der Waals surface area contributed by atoms with Gasteiger partial charge in [0.2, 0.25) is 0 Å². The lowest BCUT2D eigenvalue weighted by atomic mass is 10.2. The van der Waals surface area contributed by atoms with E-state index in [-0.39, 0.29) is 22.4 Å². The molecule has 1 amide bonds. The van der Waals surface area contributed by atoms with Crippen LogP contribution in [0.5, 0.6) is 11.5 Å². The lowest BCUT2D eigenvalue weighted by molar-refractivity contribution is 0.200. The van der Waals surface area contributed by atoms with Crippen molar-refractivity contribution in [2.75, 3.05) is 7.11 Å². The first-order chi connectivity index (χ1) is 12.6. The number of nitrogens with zero attached hydrogens (tertiary/aromatic N) is 1. The summed E-state index contributed by atoms with van der Waals surface area (Å²) in [7, 11) is 1.41. The molecule has 0 bridgehead atoms. The number of benzene rings is 2. The van der Waals surface area contributed by atoms with Crippen LogP contribution in [-0.4, -0.2) is 23.4 Å². The third-order valence-corrected chi connectivity index (χ3v) is 3.70. The van der Waals surface area contributed by atoms with Crippen molar-refractivity contribution >= 4 is 17.7 Å². The maximum Gasteiger partial charge on any atom is 0.434 e. The van der Waals surface area contributed by atoms with Gasteiger partial charge in [0.15, 0.2) is 5.75 Å². The number of carbonyl (C=O) groups excluding carboxylic acids is 1. The van der Waals surface area contributed by atoms with Gasteiger partial charge in [-0.2, -0.15) is 0 Å². The molecule has 2 aromatic carbocycles. The van der Waals surface area contributed by atoms with Crippen LogP contribution in [0.25, 0.3) is 11.5 Å². The zero-order chi connectivity index (χ0) is 18.5. The number of rotatable bonds is 5. The van der Waals surface area contributed by atoms with Crippen LogP contribution >= 0.6 is 11.6 Å². The molecule has 0 saturated carbocycles. The number of hydrogen-bond acceptors (Lipinski definition) is 6. The Labute approximate surface area is 152 Å². The molecule has 0 fully saturated rings. The number of aromatic nitrogens is 2. The Balaban J connectivity index is 1.75. The normalized spacial score (nSPS) is 10.4. The summed E-state index contributed by atoms with van der Waals surface area (Å²) in [4.78, 5) is 23.1. The van der Waals surface area contributed by atoms with Crippen LogP contribution in [0.4, 0.5) is 4.79 Å². The second-order valence-electron chi connectivity index (χ2n) is 5.13. The summed E-state index contributed by atoms with van der Waals surface area (Å²) in [6, 6.07) is 12.2. The van der Waals surface area contributed by atoms with Crippen molar-refractivity contribution in [2.24, 2.45) is 0 Å². The summed E-state index contributed by atoms with van der Waals surface area (Å²) in [5.41, 5.74) is 1.27. The first-order valence-electron chi connectivity index (χ1n) is 7.50. The van der Waals surface area contributed by atoms with Crippen LogP contribution in [0.2, 0.25) is 5.02 Å². The Hall–Kier alpha value is -3.26. The summed E-state index contributed by atoms with van der Waals surface area (Å²) in [5.74, 6) is -0.334. The van der Waals surface area contributed by atoms with Crippen molar-refractivity contribution in [2.45, 2.75) is 6.54 Å². The molecule has 1 heterocycles. The van der Waals surface area contributed by atoms with Crippen LogP contribution in [0.1, 0.15) is 5.56 Å². The summed E-state index contributed by atoms with van der Waals surface area (Å²) in [6.07, 6.45) is -0.670. The summed E-state index contributed by atoms with van der Waals surface area (Å²) in [6.45, 7) is 0.310. The third-order valence-electron chi connectivity index (χ3n) is 3.40. The minimum Gasteiger partial charge on any atom is -0.496 e. The maximum absolute atomic E-state index is 12.0. The lowest BCUT2D eigenvalue weighted by Gasteiger charge is -2.11. The Bertz CT molecular complexity index is 968. The number of nitrogens with one attached hydrogen (secondary N) is 2. The van der Waals surface area contributed by atoms with Gasteiger partial charge in [-0.1, -0.05) is 41.9 Å². The number of methoxy groups -OCH3 is 1. The molecule has 8 nitrogen and oxygen atoms in total. The molecule has 3 aromatic rings. The largest absolute Gasteiger partial charge is 0.496 e. The zero-order valence-corrected chi connectivity index (χ0v) is 14.4. The van der Waals surface area contributed by atoms with Gasteiger partial charge in [-0.15, -0.1) is 5.10 Å². The topological polar surface area (TPSA) is 106 Å². The van der Waals surface area contributed by atoms with Gasteiger partial charge >= 0.3 is 11.8 Å². The van der Waals surface area contributed by atoms with Crippen LogP contribution in [0, 0.1) is 0 Å². The van der Waals surface area contributed by atoms with Gasteiger partial charge in [0.05, 0.1) is 17.7 Å². The summed E-state index contributed by atoms with van der Waals surface area (Å²) >= 11 is 6.16. The minimum absolute atomic E-state index is 0.00818. The molecule has 3 rings (SSSR count). The fraction of sp³-hybridized carbons (Fsp3) is 0.118. The van der Waals surface area contributed by atoms with Crippen molar-refractivity contribution in [3.8, 4) is 23.0 Å². The number of ether oxygens (including phenoxy) is 2. The number of halogens is 1. The quantitative estimate of drug-likeness (QED) is 0.710. The van der Waals surface area contributed by atoms with Crippen LogP contribution < -0.4 is 20.5 Å². The number of hydrogen-bond donors (Lipinski definition) is 2. The molecule has 0 aliphatic carbocycles. The van der Waals surface area contributed by atoms with E-state index < -0.39 is 11.8 Å². The van der Waals surface area contributed by atoms with E-state index in [9.17, 15) is 9.59 Å². The van der Waals surface area contributed by atoms with Gasteiger partial charge in [0.25, 0.3) is 5.89 Å². The molecule has 2 N–H and O–H groups in total. The van der Waals surface area contributed by atoms with Gasteiger partial charge in [-0.05, 0) is 11.6 Å². The van der Waals surface area contributed by atoms with E-state index in [1.54, 1.807) is 0 Å². The van der Waals surface area contributed by atoms with Crippen molar-refractivity contribution in [1.29, 1.82) is 0 Å². The number of H-pyrrole nitrogens is 1. The van der Waals surface area contributed by atoms with Crippen molar-refractivity contribution in [3.63, 3.8) is 0 Å². The van der Waals surface area contributed by atoms with E-state index in [0.29, 0.717) is 12.1 Å². The monoisotopic (exact) mass is 375 g/mol. The molecule has 0 radical (unpaired) electrons. The van der Waals surface area contributed by atoms with Crippen molar-refractivity contribution in [1.82, 2.24) is 15.5 Å². The average Bonchev–Trinajstić information content (AvgIpc) is 3.08. The average molecular weight is 376 g/mol. The Morgan fingerprint density at radius 3 is 2.69 bits per heavy atom. The van der Waals surface area contributed by atoms with E-state index in [2.05, 4.69) is 15.5 Å². The van der Waals surface area contributed by atoms with E-state index in [1.165, 1.54) is 19.2 Å². The molecule has 0 aliphatic heterocycles. The lowest BCUT2D eigenvalue weighted by Crippen LogP contribution is -2.26. The number of amides is 1. The molecule has 1 aromatic heterocycles. The Morgan fingerprint density at radius 2 is 2.04 bits per heavy atom. The fourth-order valence-electron chi connectivity index (χ4n) is 2.20. The molecule has 0 aliphatic rings. The molecule has 9 heteroatoms. The zero-order valence-electron chi connectivity index (χ0n) is 13.6. The SMILES string of the molecule is COc1cc(OC(=O)NCc2ccccc2)c(Cl)cc1-c1n[nH]c(=O)o1. The molecule has 0 unspecified atom stereocenters. The molecular weight excluding hydrogens is 362 g/mol. The molecule has 0 saturated heterocycles. The molecule has 0 spiro atoms. The highest BCUT2D eigenvalue weighted by molar-refractivity contribution is 6.32. The fourth-order valence-corrected chi connectivity index (χ4v) is 2.40. The van der Waals surface area contributed by atoms with Gasteiger partial charge in [-0.25, -0.2) is 14.7 Å². The van der Waals surface area contributed by atoms with Crippen molar-refractivity contribution < 1.29 is 18.7 Å². The number of aromatic amines is 1. The maximum atomic E-state index is 12.0.